The van der Waals surface area contributed by atoms with Crippen LogP contribution in [0, 0.1) is 0 Å². The molecular weight excluding hydrogens is 270 g/mol. The van der Waals surface area contributed by atoms with Gasteiger partial charge in [0.05, 0.1) is 5.56 Å². The quantitative estimate of drug-likeness (QED) is 0.828. The van der Waals surface area contributed by atoms with E-state index in [2.05, 4.69) is 18.7 Å². The summed E-state index contributed by atoms with van der Waals surface area (Å²) >= 11 is 0. The number of nitrogen functional groups attached to an aromatic ring is 1. The second-order valence-electron chi connectivity index (χ2n) is 5.52. The molecule has 114 valence electrons. The van der Waals surface area contributed by atoms with E-state index in [9.17, 15) is 4.79 Å². The number of carbonyl (C=O) groups is 1. The van der Waals surface area contributed by atoms with Gasteiger partial charge >= 0.3 is 0 Å². The van der Waals surface area contributed by atoms with Gasteiger partial charge in [0.2, 0.25) is 6.79 Å². The molecule has 0 spiro atoms. The number of hydrogen-bond donors (Lipinski definition) is 1. The second kappa shape index (κ2) is 5.44. The summed E-state index contributed by atoms with van der Waals surface area (Å²) in [5.74, 6) is 1.16. The summed E-state index contributed by atoms with van der Waals surface area (Å²) in [6, 6.07) is 3.72. The van der Waals surface area contributed by atoms with Crippen LogP contribution in [0.1, 0.15) is 24.2 Å². The van der Waals surface area contributed by atoms with Gasteiger partial charge in [0.15, 0.2) is 11.5 Å². The number of nitrogens with two attached hydrogens (primary N) is 1. The number of anilines is 1. The van der Waals surface area contributed by atoms with Gasteiger partial charge in [0.1, 0.15) is 0 Å². The summed E-state index contributed by atoms with van der Waals surface area (Å²) < 4.78 is 10.6. The lowest BCUT2D eigenvalue weighted by Gasteiger charge is -2.39. The number of fused-ring (bicyclic) bond motifs is 1. The molecule has 2 N–H and O–H groups in total. The highest BCUT2D eigenvalue weighted by Crippen LogP contribution is 2.36. The number of rotatable bonds is 2. The molecule has 3 rings (SSSR count). The van der Waals surface area contributed by atoms with E-state index < -0.39 is 0 Å². The average Bonchev–Trinajstić information content (AvgIpc) is 2.92. The Bertz CT molecular complexity index is 561. The largest absolute Gasteiger partial charge is 0.454 e. The summed E-state index contributed by atoms with van der Waals surface area (Å²) in [6.07, 6.45) is 0. The molecule has 21 heavy (non-hydrogen) atoms. The molecule has 1 aromatic carbocycles. The van der Waals surface area contributed by atoms with Gasteiger partial charge in [-0.2, -0.15) is 0 Å². The van der Waals surface area contributed by atoms with Crippen molar-refractivity contribution in [1.82, 2.24) is 9.80 Å². The van der Waals surface area contributed by atoms with E-state index in [1.54, 1.807) is 12.1 Å². The third-order valence-electron chi connectivity index (χ3n) is 4.23. The maximum absolute atomic E-state index is 12.7. The molecule has 2 heterocycles. The molecule has 1 amide bonds. The first kappa shape index (κ1) is 14.0. The van der Waals surface area contributed by atoms with Crippen LogP contribution in [-0.2, 0) is 0 Å². The maximum Gasteiger partial charge on any atom is 0.256 e. The maximum atomic E-state index is 12.7. The lowest BCUT2D eigenvalue weighted by atomic mass is 10.1. The second-order valence-corrected chi connectivity index (χ2v) is 5.52. The lowest BCUT2D eigenvalue weighted by Crippen LogP contribution is -2.53. The Morgan fingerprint density at radius 2 is 2.05 bits per heavy atom. The predicted molar refractivity (Wildman–Crippen MR) is 79.6 cm³/mol. The fourth-order valence-electron chi connectivity index (χ4n) is 2.96. The van der Waals surface area contributed by atoms with Gasteiger partial charge in [-0.15, -0.1) is 0 Å². The summed E-state index contributed by atoms with van der Waals surface area (Å²) in [6.45, 7) is 7.82. The van der Waals surface area contributed by atoms with E-state index in [0.717, 1.165) is 26.2 Å². The van der Waals surface area contributed by atoms with Crippen LogP contribution in [0.5, 0.6) is 11.5 Å². The number of nitrogens with zero attached hydrogens (tertiary/aromatic N) is 2. The van der Waals surface area contributed by atoms with Crippen molar-refractivity contribution >= 4 is 11.6 Å². The molecule has 0 radical (unpaired) electrons. The van der Waals surface area contributed by atoms with Crippen molar-refractivity contribution in [2.75, 3.05) is 38.7 Å². The minimum Gasteiger partial charge on any atom is -0.454 e. The van der Waals surface area contributed by atoms with Gasteiger partial charge in [0.25, 0.3) is 5.91 Å². The zero-order chi connectivity index (χ0) is 15.0. The Hall–Kier alpha value is -1.95. The highest BCUT2D eigenvalue weighted by molar-refractivity contribution is 6.00. The number of amides is 1. The number of piperazine rings is 1. The van der Waals surface area contributed by atoms with E-state index in [1.165, 1.54) is 0 Å². The Morgan fingerprint density at radius 3 is 2.71 bits per heavy atom. The number of hydrogen-bond acceptors (Lipinski definition) is 5. The summed E-state index contributed by atoms with van der Waals surface area (Å²) in [7, 11) is 0. The van der Waals surface area contributed by atoms with Crippen LogP contribution in [0.2, 0.25) is 0 Å². The fourth-order valence-corrected chi connectivity index (χ4v) is 2.96. The van der Waals surface area contributed by atoms with Crippen molar-refractivity contribution in [2.45, 2.75) is 19.9 Å². The van der Waals surface area contributed by atoms with Crippen LogP contribution in [-0.4, -0.2) is 54.7 Å². The molecule has 6 nitrogen and oxygen atoms in total. The van der Waals surface area contributed by atoms with Gasteiger partial charge in [-0.25, -0.2) is 0 Å². The average molecular weight is 291 g/mol. The van der Waals surface area contributed by atoms with E-state index in [-0.39, 0.29) is 12.7 Å². The lowest BCUT2D eigenvalue weighted by molar-refractivity contribution is 0.0529. The number of ether oxygens (including phenoxy) is 2. The highest BCUT2D eigenvalue weighted by atomic mass is 16.7. The Morgan fingerprint density at radius 1 is 1.33 bits per heavy atom. The van der Waals surface area contributed by atoms with Crippen LogP contribution in [0.3, 0.4) is 0 Å². The van der Waals surface area contributed by atoms with Crippen molar-refractivity contribution < 1.29 is 14.3 Å². The minimum absolute atomic E-state index is 0.0339. The van der Waals surface area contributed by atoms with Crippen molar-refractivity contribution in [3.8, 4) is 11.5 Å². The van der Waals surface area contributed by atoms with Crippen LogP contribution in [0.15, 0.2) is 12.1 Å². The third-order valence-corrected chi connectivity index (χ3v) is 4.23. The molecule has 0 saturated carbocycles. The molecule has 0 aliphatic carbocycles. The molecule has 1 fully saturated rings. The Balaban J connectivity index is 1.80. The third kappa shape index (κ3) is 2.51. The van der Waals surface area contributed by atoms with Crippen molar-refractivity contribution in [3.05, 3.63) is 17.7 Å². The minimum atomic E-state index is -0.0339. The molecule has 2 aliphatic heterocycles. The first-order valence-corrected chi connectivity index (χ1v) is 7.32. The van der Waals surface area contributed by atoms with Crippen LogP contribution in [0.25, 0.3) is 0 Å². The number of likely N-dealkylation sites (N-methyl/N-ethyl adjacent to an activating group) is 1. The monoisotopic (exact) mass is 291 g/mol. The molecule has 1 aromatic rings. The van der Waals surface area contributed by atoms with Crippen LogP contribution < -0.4 is 15.2 Å². The van der Waals surface area contributed by atoms with E-state index >= 15 is 0 Å². The van der Waals surface area contributed by atoms with Gasteiger partial charge in [-0.3, -0.25) is 9.69 Å². The smallest absolute Gasteiger partial charge is 0.256 e. The Kier molecular flexibility index (Phi) is 3.63. The zero-order valence-corrected chi connectivity index (χ0v) is 12.5. The molecule has 0 aromatic heterocycles. The van der Waals surface area contributed by atoms with E-state index in [1.807, 2.05) is 4.90 Å². The summed E-state index contributed by atoms with van der Waals surface area (Å²) in [5, 5.41) is 0. The predicted octanol–water partition coefficient (Wildman–Crippen LogP) is 1.16. The first-order valence-electron chi connectivity index (χ1n) is 7.32. The van der Waals surface area contributed by atoms with Gasteiger partial charge < -0.3 is 20.1 Å². The summed E-state index contributed by atoms with van der Waals surface area (Å²) in [4.78, 5) is 16.9. The molecule has 6 heteroatoms. The highest BCUT2D eigenvalue weighted by Gasteiger charge is 2.28. The number of benzene rings is 1. The SMILES string of the molecule is CCN1CCN(C(=O)c2cc3c(cc2N)OCO3)CC1C. The Labute approximate surface area is 124 Å². The van der Waals surface area contributed by atoms with Gasteiger partial charge in [0, 0.05) is 37.4 Å². The molecule has 1 unspecified atom stereocenters. The number of carbonyl (C=O) groups excluding carboxylic acids is 1. The van der Waals surface area contributed by atoms with E-state index in [4.69, 9.17) is 15.2 Å². The molecular formula is C15H21N3O3. The van der Waals surface area contributed by atoms with Crippen LogP contribution in [0.4, 0.5) is 5.69 Å². The van der Waals surface area contributed by atoms with Gasteiger partial charge in [-0.05, 0) is 19.5 Å². The fraction of sp³-hybridized carbons (Fsp3) is 0.533. The molecule has 2 aliphatic rings. The molecule has 1 atom stereocenters. The van der Waals surface area contributed by atoms with Crippen molar-refractivity contribution in [2.24, 2.45) is 0 Å². The molecule has 0 bridgehead atoms. The van der Waals surface area contributed by atoms with Gasteiger partial charge in [-0.1, -0.05) is 6.92 Å². The van der Waals surface area contributed by atoms with E-state index in [0.29, 0.717) is 28.8 Å². The van der Waals surface area contributed by atoms with Crippen LogP contribution >= 0.6 is 0 Å². The topological polar surface area (TPSA) is 68.0 Å². The standard InChI is InChI=1S/C15H21N3O3/c1-3-17-4-5-18(8-10(17)2)15(19)11-6-13-14(7-12(11)16)21-9-20-13/h6-7,10H,3-5,8-9,16H2,1-2H3. The first-order chi connectivity index (χ1) is 10.1. The summed E-state index contributed by atoms with van der Waals surface area (Å²) in [5.41, 5.74) is 6.93. The zero-order valence-electron chi connectivity index (χ0n) is 12.5. The normalized spacial score (nSPS) is 21.6. The molecule has 1 saturated heterocycles. The van der Waals surface area contributed by atoms with Crippen molar-refractivity contribution in [3.63, 3.8) is 0 Å². The van der Waals surface area contributed by atoms with Crippen molar-refractivity contribution in [1.29, 1.82) is 0 Å².